The summed E-state index contributed by atoms with van der Waals surface area (Å²) in [4.78, 5) is 2.30. The second-order valence-corrected chi connectivity index (χ2v) is 5.45. The zero-order valence-corrected chi connectivity index (χ0v) is 12.0. The molecule has 1 unspecified atom stereocenters. The lowest BCUT2D eigenvalue weighted by atomic mass is 9.97. The zero-order valence-electron chi connectivity index (χ0n) is 12.0. The van der Waals surface area contributed by atoms with Crippen molar-refractivity contribution in [1.82, 2.24) is 4.90 Å². The smallest absolute Gasteiger partial charge is 0.0991 e. The van der Waals surface area contributed by atoms with Crippen LogP contribution in [0.3, 0.4) is 0 Å². The van der Waals surface area contributed by atoms with Gasteiger partial charge < -0.3 is 14.7 Å². The summed E-state index contributed by atoms with van der Waals surface area (Å²) in [5.41, 5.74) is 1.50. The highest BCUT2D eigenvalue weighted by atomic mass is 16.5. The standard InChI is InChI=1S/C16H22N2O2/c1-20-12-14-6-8-18(9-7-14)11-16(19)15-4-2-13(10-17)3-5-15/h2-5,14,16,19H,6-9,11-12H2,1H3. The molecule has 0 spiro atoms. The van der Waals surface area contributed by atoms with Crippen LogP contribution in [0.5, 0.6) is 0 Å². The molecule has 0 aromatic heterocycles. The van der Waals surface area contributed by atoms with Crippen LogP contribution in [0.4, 0.5) is 0 Å². The highest BCUT2D eigenvalue weighted by molar-refractivity contribution is 5.32. The van der Waals surface area contributed by atoms with E-state index in [4.69, 9.17) is 10.00 Å². The van der Waals surface area contributed by atoms with E-state index in [9.17, 15) is 5.11 Å². The zero-order chi connectivity index (χ0) is 14.4. The van der Waals surface area contributed by atoms with Gasteiger partial charge in [-0.1, -0.05) is 12.1 Å². The van der Waals surface area contributed by atoms with E-state index < -0.39 is 6.10 Å². The number of benzene rings is 1. The molecule has 0 amide bonds. The van der Waals surface area contributed by atoms with Gasteiger partial charge in [-0.05, 0) is 49.5 Å². The number of methoxy groups -OCH3 is 1. The van der Waals surface area contributed by atoms with Gasteiger partial charge in [-0.3, -0.25) is 0 Å². The Labute approximate surface area is 120 Å². The maximum Gasteiger partial charge on any atom is 0.0991 e. The molecule has 0 aliphatic carbocycles. The van der Waals surface area contributed by atoms with E-state index in [1.165, 1.54) is 0 Å². The van der Waals surface area contributed by atoms with Crippen LogP contribution in [-0.4, -0.2) is 43.4 Å². The molecule has 0 saturated carbocycles. The Morgan fingerprint density at radius 1 is 1.35 bits per heavy atom. The number of hydrogen-bond acceptors (Lipinski definition) is 4. The number of aliphatic hydroxyl groups is 1. The largest absolute Gasteiger partial charge is 0.387 e. The molecule has 2 rings (SSSR count). The third-order valence-corrected chi connectivity index (χ3v) is 3.97. The number of likely N-dealkylation sites (tertiary alicyclic amines) is 1. The van der Waals surface area contributed by atoms with Gasteiger partial charge in [0.15, 0.2) is 0 Å². The molecule has 1 aliphatic heterocycles. The minimum absolute atomic E-state index is 0.485. The molecule has 1 heterocycles. The quantitative estimate of drug-likeness (QED) is 0.891. The lowest BCUT2D eigenvalue weighted by Crippen LogP contribution is -2.37. The minimum Gasteiger partial charge on any atom is -0.387 e. The molecule has 1 saturated heterocycles. The van der Waals surface area contributed by atoms with E-state index in [0.717, 1.165) is 38.1 Å². The van der Waals surface area contributed by atoms with Gasteiger partial charge in [-0.25, -0.2) is 0 Å². The van der Waals surface area contributed by atoms with E-state index in [-0.39, 0.29) is 0 Å². The third-order valence-electron chi connectivity index (χ3n) is 3.97. The maximum atomic E-state index is 10.3. The van der Waals surface area contributed by atoms with Gasteiger partial charge in [-0.15, -0.1) is 0 Å². The molecule has 1 atom stereocenters. The van der Waals surface area contributed by atoms with Crippen molar-refractivity contribution in [3.8, 4) is 6.07 Å². The fourth-order valence-corrected chi connectivity index (χ4v) is 2.70. The first kappa shape index (κ1) is 15.0. The molecular formula is C16H22N2O2. The van der Waals surface area contributed by atoms with Crippen LogP contribution in [-0.2, 0) is 4.74 Å². The Morgan fingerprint density at radius 2 is 2.00 bits per heavy atom. The van der Waals surface area contributed by atoms with E-state index >= 15 is 0 Å². The molecule has 0 radical (unpaired) electrons. The van der Waals surface area contributed by atoms with Crippen molar-refractivity contribution >= 4 is 0 Å². The Balaban J connectivity index is 1.82. The van der Waals surface area contributed by atoms with Gasteiger partial charge in [0.05, 0.1) is 17.7 Å². The SMILES string of the molecule is COCC1CCN(CC(O)c2ccc(C#N)cc2)CC1. The number of aliphatic hydroxyl groups excluding tert-OH is 1. The lowest BCUT2D eigenvalue weighted by Gasteiger charge is -2.32. The van der Waals surface area contributed by atoms with Crippen LogP contribution in [0.2, 0.25) is 0 Å². The molecule has 1 aromatic rings. The normalized spacial score (nSPS) is 18.6. The van der Waals surface area contributed by atoms with E-state index in [2.05, 4.69) is 11.0 Å². The third kappa shape index (κ3) is 4.04. The summed E-state index contributed by atoms with van der Waals surface area (Å²) in [5, 5.41) is 19.0. The highest BCUT2D eigenvalue weighted by Crippen LogP contribution is 2.21. The van der Waals surface area contributed by atoms with Gasteiger partial charge in [-0.2, -0.15) is 5.26 Å². The topological polar surface area (TPSA) is 56.5 Å². The number of piperidine rings is 1. The Hall–Kier alpha value is -1.41. The molecule has 20 heavy (non-hydrogen) atoms. The molecule has 1 fully saturated rings. The summed E-state index contributed by atoms with van der Waals surface area (Å²) in [5.74, 6) is 0.656. The molecule has 1 aromatic carbocycles. The van der Waals surface area contributed by atoms with E-state index in [0.29, 0.717) is 18.0 Å². The number of β-amino-alcohol motifs (C(OH)–C–C–N with tert-alkyl or cyclic N) is 1. The van der Waals surface area contributed by atoms with Crippen molar-refractivity contribution in [2.45, 2.75) is 18.9 Å². The van der Waals surface area contributed by atoms with Gasteiger partial charge in [0.1, 0.15) is 0 Å². The maximum absolute atomic E-state index is 10.3. The monoisotopic (exact) mass is 274 g/mol. The van der Waals surface area contributed by atoms with Crippen LogP contribution in [0, 0.1) is 17.2 Å². The van der Waals surface area contributed by atoms with Crippen molar-refractivity contribution in [1.29, 1.82) is 5.26 Å². The Bertz CT molecular complexity index is 445. The van der Waals surface area contributed by atoms with Gasteiger partial charge in [0.2, 0.25) is 0 Å². The first-order valence-electron chi connectivity index (χ1n) is 7.12. The first-order valence-corrected chi connectivity index (χ1v) is 7.12. The van der Waals surface area contributed by atoms with E-state index in [1.807, 2.05) is 12.1 Å². The Kier molecular flexibility index (Phi) is 5.54. The predicted molar refractivity (Wildman–Crippen MR) is 77.2 cm³/mol. The molecule has 1 N–H and O–H groups in total. The molecule has 0 bridgehead atoms. The summed E-state index contributed by atoms with van der Waals surface area (Å²) in [7, 11) is 1.75. The number of ether oxygens (including phenoxy) is 1. The number of nitrogens with zero attached hydrogens (tertiary/aromatic N) is 2. The van der Waals surface area contributed by atoms with Crippen LogP contribution in [0.1, 0.15) is 30.1 Å². The highest BCUT2D eigenvalue weighted by Gasteiger charge is 2.21. The average Bonchev–Trinajstić information content (AvgIpc) is 2.49. The summed E-state index contributed by atoms with van der Waals surface area (Å²) in [6, 6.07) is 9.26. The van der Waals surface area contributed by atoms with Crippen LogP contribution in [0.15, 0.2) is 24.3 Å². The van der Waals surface area contributed by atoms with Gasteiger partial charge >= 0.3 is 0 Å². The summed E-state index contributed by atoms with van der Waals surface area (Å²) < 4.78 is 5.19. The second kappa shape index (κ2) is 7.39. The fourth-order valence-electron chi connectivity index (χ4n) is 2.70. The van der Waals surface area contributed by atoms with Crippen molar-refractivity contribution < 1.29 is 9.84 Å². The predicted octanol–water partition coefficient (Wildman–Crippen LogP) is 1.95. The van der Waals surface area contributed by atoms with Crippen molar-refractivity contribution in [3.05, 3.63) is 35.4 Å². The lowest BCUT2D eigenvalue weighted by molar-refractivity contribution is 0.0657. The second-order valence-electron chi connectivity index (χ2n) is 5.45. The number of hydrogen-bond donors (Lipinski definition) is 1. The Morgan fingerprint density at radius 3 is 2.55 bits per heavy atom. The van der Waals surface area contributed by atoms with Crippen molar-refractivity contribution in [2.75, 3.05) is 33.4 Å². The minimum atomic E-state index is -0.485. The fraction of sp³-hybridized carbons (Fsp3) is 0.562. The number of nitriles is 1. The molecule has 108 valence electrons. The summed E-state index contributed by atoms with van der Waals surface area (Å²) in [6.45, 7) is 3.53. The van der Waals surface area contributed by atoms with Gasteiger partial charge in [0.25, 0.3) is 0 Å². The average molecular weight is 274 g/mol. The molecular weight excluding hydrogens is 252 g/mol. The molecule has 1 aliphatic rings. The van der Waals surface area contributed by atoms with Crippen LogP contribution < -0.4 is 0 Å². The molecule has 4 heteroatoms. The van der Waals surface area contributed by atoms with Crippen molar-refractivity contribution in [2.24, 2.45) is 5.92 Å². The van der Waals surface area contributed by atoms with Crippen LogP contribution >= 0.6 is 0 Å². The summed E-state index contributed by atoms with van der Waals surface area (Å²) in [6.07, 6.45) is 1.78. The number of rotatable bonds is 5. The van der Waals surface area contributed by atoms with E-state index in [1.54, 1.807) is 19.2 Å². The van der Waals surface area contributed by atoms with Gasteiger partial charge in [0, 0.05) is 20.3 Å². The molecule has 4 nitrogen and oxygen atoms in total. The van der Waals surface area contributed by atoms with Crippen LogP contribution in [0.25, 0.3) is 0 Å². The first-order chi connectivity index (χ1) is 9.72. The summed E-state index contributed by atoms with van der Waals surface area (Å²) >= 11 is 0. The van der Waals surface area contributed by atoms with Crippen molar-refractivity contribution in [3.63, 3.8) is 0 Å².